The Kier molecular flexibility index (Phi) is 2.26. The van der Waals surface area contributed by atoms with Gasteiger partial charge in [-0.2, -0.15) is 0 Å². The molecule has 0 unspecified atom stereocenters. The second-order valence-corrected chi connectivity index (χ2v) is 5.57. The van der Waals surface area contributed by atoms with Crippen LogP contribution in [-0.4, -0.2) is 34.6 Å². The molecular weight excluding hydrogens is 214 g/mol. The fraction of sp³-hybridized carbons (Fsp3) is 0.500. The molecule has 3 rings (SSSR count). The maximum atomic E-state index is 12.2. The number of rotatable bonds is 1. The van der Waals surface area contributed by atoms with Crippen LogP contribution in [0.4, 0.5) is 0 Å². The predicted molar refractivity (Wildman–Crippen MR) is 64.5 cm³/mol. The lowest BCUT2D eigenvalue weighted by Gasteiger charge is -2.45. The summed E-state index contributed by atoms with van der Waals surface area (Å²) in [4.78, 5) is 14.0. The van der Waals surface area contributed by atoms with Gasteiger partial charge in [0.2, 0.25) is 5.91 Å². The molecule has 1 aliphatic carbocycles. The highest BCUT2D eigenvalue weighted by Crippen LogP contribution is 2.30. The number of amides is 1. The van der Waals surface area contributed by atoms with Crippen molar-refractivity contribution in [3.8, 4) is 0 Å². The standard InChI is InChI=1S/C14H17NO2/c1-14(17)8-15(9-14)13(16)12-6-10-4-2-3-5-11(10)7-12/h2-5,12,17H,6-9H2,1H3. The van der Waals surface area contributed by atoms with Gasteiger partial charge in [-0.25, -0.2) is 0 Å². The summed E-state index contributed by atoms with van der Waals surface area (Å²) >= 11 is 0. The first-order valence-corrected chi connectivity index (χ1v) is 6.13. The number of carbonyl (C=O) groups excluding carboxylic acids is 1. The van der Waals surface area contributed by atoms with E-state index in [1.165, 1.54) is 11.1 Å². The SMILES string of the molecule is CC1(O)CN(C(=O)C2Cc3ccccc3C2)C1. The second-order valence-electron chi connectivity index (χ2n) is 5.57. The van der Waals surface area contributed by atoms with E-state index in [0.717, 1.165) is 12.8 Å². The van der Waals surface area contributed by atoms with Crippen molar-refractivity contribution < 1.29 is 9.90 Å². The van der Waals surface area contributed by atoms with Crippen LogP contribution in [0.2, 0.25) is 0 Å². The van der Waals surface area contributed by atoms with Crippen molar-refractivity contribution >= 4 is 5.91 Å². The Morgan fingerprint density at radius 2 is 1.82 bits per heavy atom. The quantitative estimate of drug-likeness (QED) is 0.783. The molecule has 1 N–H and O–H groups in total. The van der Waals surface area contributed by atoms with Crippen LogP contribution in [-0.2, 0) is 17.6 Å². The molecular formula is C14H17NO2. The number of nitrogens with zero attached hydrogens (tertiary/aromatic N) is 1. The van der Waals surface area contributed by atoms with Crippen LogP contribution in [0.15, 0.2) is 24.3 Å². The van der Waals surface area contributed by atoms with Gasteiger partial charge >= 0.3 is 0 Å². The smallest absolute Gasteiger partial charge is 0.226 e. The van der Waals surface area contributed by atoms with Crippen LogP contribution < -0.4 is 0 Å². The summed E-state index contributed by atoms with van der Waals surface area (Å²) in [5.41, 5.74) is 1.94. The van der Waals surface area contributed by atoms with E-state index >= 15 is 0 Å². The van der Waals surface area contributed by atoms with Crippen LogP contribution in [0.3, 0.4) is 0 Å². The fourth-order valence-corrected chi connectivity index (χ4v) is 2.92. The molecule has 3 heteroatoms. The van der Waals surface area contributed by atoms with Crippen LogP contribution in [0, 0.1) is 5.92 Å². The number of benzene rings is 1. The minimum absolute atomic E-state index is 0.0866. The number of fused-ring (bicyclic) bond motifs is 1. The van der Waals surface area contributed by atoms with E-state index in [9.17, 15) is 9.90 Å². The van der Waals surface area contributed by atoms with Gasteiger partial charge in [0.05, 0.1) is 18.7 Å². The van der Waals surface area contributed by atoms with Gasteiger partial charge in [-0.05, 0) is 30.9 Å². The van der Waals surface area contributed by atoms with E-state index in [4.69, 9.17) is 0 Å². The molecule has 1 aromatic rings. The van der Waals surface area contributed by atoms with Crippen LogP contribution in [0.1, 0.15) is 18.1 Å². The first-order valence-electron chi connectivity index (χ1n) is 6.13. The lowest BCUT2D eigenvalue weighted by Crippen LogP contribution is -2.62. The van der Waals surface area contributed by atoms with Crippen molar-refractivity contribution in [2.45, 2.75) is 25.4 Å². The van der Waals surface area contributed by atoms with Gasteiger partial charge < -0.3 is 10.0 Å². The van der Waals surface area contributed by atoms with Crippen molar-refractivity contribution in [3.05, 3.63) is 35.4 Å². The van der Waals surface area contributed by atoms with E-state index in [0.29, 0.717) is 13.1 Å². The number of β-amino-alcohol motifs (C(OH)–C–C–N with tert-alkyl or cyclic N) is 1. The topological polar surface area (TPSA) is 40.5 Å². The van der Waals surface area contributed by atoms with Crippen molar-refractivity contribution in [2.24, 2.45) is 5.92 Å². The summed E-state index contributed by atoms with van der Waals surface area (Å²) in [6, 6.07) is 8.27. The van der Waals surface area contributed by atoms with Crippen molar-refractivity contribution in [2.75, 3.05) is 13.1 Å². The van der Waals surface area contributed by atoms with E-state index in [1.54, 1.807) is 11.8 Å². The van der Waals surface area contributed by atoms with E-state index < -0.39 is 5.60 Å². The van der Waals surface area contributed by atoms with Gasteiger partial charge in [-0.15, -0.1) is 0 Å². The van der Waals surface area contributed by atoms with Gasteiger partial charge in [0.15, 0.2) is 0 Å². The largest absolute Gasteiger partial charge is 0.386 e. The second kappa shape index (κ2) is 3.57. The third kappa shape index (κ3) is 1.84. The van der Waals surface area contributed by atoms with E-state index in [-0.39, 0.29) is 11.8 Å². The van der Waals surface area contributed by atoms with Gasteiger partial charge in [-0.1, -0.05) is 24.3 Å². The van der Waals surface area contributed by atoms with Crippen LogP contribution >= 0.6 is 0 Å². The molecule has 0 saturated carbocycles. The third-order valence-corrected chi connectivity index (χ3v) is 3.77. The zero-order valence-electron chi connectivity index (χ0n) is 10.0. The predicted octanol–water partition coefficient (Wildman–Crippen LogP) is 0.995. The fourth-order valence-electron chi connectivity index (χ4n) is 2.92. The van der Waals surface area contributed by atoms with Gasteiger partial charge in [0.1, 0.15) is 0 Å². The summed E-state index contributed by atoms with van der Waals surface area (Å²) in [6.45, 7) is 2.75. The first kappa shape index (κ1) is 10.8. The molecule has 0 aromatic heterocycles. The number of likely N-dealkylation sites (tertiary alicyclic amines) is 1. The summed E-state index contributed by atoms with van der Waals surface area (Å²) in [5, 5.41) is 9.65. The number of aliphatic hydroxyl groups is 1. The molecule has 0 spiro atoms. The van der Waals surface area contributed by atoms with E-state index in [1.807, 2.05) is 12.1 Å². The van der Waals surface area contributed by atoms with Crippen LogP contribution in [0.25, 0.3) is 0 Å². The number of carbonyl (C=O) groups is 1. The Hall–Kier alpha value is -1.35. The minimum Gasteiger partial charge on any atom is -0.386 e. The molecule has 1 saturated heterocycles. The normalized spacial score (nSPS) is 22.1. The summed E-state index contributed by atoms with van der Waals surface area (Å²) < 4.78 is 0. The molecule has 90 valence electrons. The summed E-state index contributed by atoms with van der Waals surface area (Å²) in [6.07, 6.45) is 1.71. The third-order valence-electron chi connectivity index (χ3n) is 3.77. The molecule has 1 fully saturated rings. The Bertz CT molecular complexity index is 434. The minimum atomic E-state index is -0.666. The molecule has 1 heterocycles. The molecule has 1 aromatic carbocycles. The Morgan fingerprint density at radius 3 is 2.29 bits per heavy atom. The van der Waals surface area contributed by atoms with Crippen molar-refractivity contribution in [3.63, 3.8) is 0 Å². The molecule has 1 aliphatic heterocycles. The summed E-state index contributed by atoms with van der Waals surface area (Å²) in [5.74, 6) is 0.288. The van der Waals surface area contributed by atoms with E-state index in [2.05, 4.69) is 12.1 Å². The van der Waals surface area contributed by atoms with Crippen molar-refractivity contribution in [1.29, 1.82) is 0 Å². The monoisotopic (exact) mass is 231 g/mol. The zero-order valence-corrected chi connectivity index (χ0v) is 10.0. The molecule has 0 atom stereocenters. The first-order chi connectivity index (χ1) is 8.05. The maximum absolute atomic E-state index is 12.2. The Morgan fingerprint density at radius 1 is 1.29 bits per heavy atom. The van der Waals surface area contributed by atoms with Gasteiger partial charge in [-0.3, -0.25) is 4.79 Å². The highest BCUT2D eigenvalue weighted by molar-refractivity contribution is 5.81. The van der Waals surface area contributed by atoms with Gasteiger partial charge in [0, 0.05) is 5.92 Å². The van der Waals surface area contributed by atoms with Gasteiger partial charge in [0.25, 0.3) is 0 Å². The lowest BCUT2D eigenvalue weighted by molar-refractivity contribution is -0.156. The highest BCUT2D eigenvalue weighted by atomic mass is 16.3. The lowest BCUT2D eigenvalue weighted by atomic mass is 9.93. The Labute approximate surface area is 101 Å². The summed E-state index contributed by atoms with van der Waals surface area (Å²) in [7, 11) is 0. The highest BCUT2D eigenvalue weighted by Gasteiger charge is 2.42. The van der Waals surface area contributed by atoms with Crippen LogP contribution in [0.5, 0.6) is 0 Å². The average molecular weight is 231 g/mol. The molecule has 3 nitrogen and oxygen atoms in total. The maximum Gasteiger partial charge on any atom is 0.226 e. The number of hydrogen-bond donors (Lipinski definition) is 1. The molecule has 0 radical (unpaired) electrons. The molecule has 1 amide bonds. The average Bonchev–Trinajstić information content (AvgIpc) is 2.68. The molecule has 17 heavy (non-hydrogen) atoms. The number of hydrogen-bond acceptors (Lipinski definition) is 2. The van der Waals surface area contributed by atoms with Crippen molar-refractivity contribution in [1.82, 2.24) is 4.90 Å². The zero-order chi connectivity index (χ0) is 12.0. The molecule has 0 bridgehead atoms. The molecule has 2 aliphatic rings. The Balaban J connectivity index is 1.67.